The second kappa shape index (κ2) is 6.33. The summed E-state index contributed by atoms with van der Waals surface area (Å²) in [7, 11) is 3.30. The van der Waals surface area contributed by atoms with E-state index < -0.39 is 0 Å². The fraction of sp³-hybridized carbons (Fsp3) is 0.462. The minimum absolute atomic E-state index is 0.195. The summed E-state index contributed by atoms with van der Waals surface area (Å²) >= 11 is 0. The third kappa shape index (κ3) is 3.45. The first-order valence-electron chi connectivity index (χ1n) is 6.28. The molecule has 7 heteroatoms. The van der Waals surface area contributed by atoms with Crippen LogP contribution in [0.5, 0.6) is 5.75 Å². The van der Waals surface area contributed by atoms with E-state index in [4.69, 9.17) is 13.6 Å². The van der Waals surface area contributed by atoms with Crippen molar-refractivity contribution in [2.75, 3.05) is 14.2 Å². The van der Waals surface area contributed by atoms with Gasteiger partial charge >= 0.3 is 0 Å². The lowest BCUT2D eigenvalue weighted by Gasteiger charge is -2.13. The first-order chi connectivity index (χ1) is 9.62. The lowest BCUT2D eigenvalue weighted by molar-refractivity contribution is 0.252. The standard InChI is InChI=1S/C13H17N3O4/c1-4-12-14-15-13(20-12)7-16(2)6-9-5-10(17)11(18-3)8-19-9/h5,8H,4,6-7H2,1-3H3. The molecular formula is C13H17N3O4. The van der Waals surface area contributed by atoms with Crippen LogP contribution >= 0.6 is 0 Å². The van der Waals surface area contributed by atoms with Gasteiger partial charge in [0, 0.05) is 12.5 Å². The maximum atomic E-state index is 11.6. The fourth-order valence-corrected chi connectivity index (χ4v) is 1.72. The van der Waals surface area contributed by atoms with Crippen LogP contribution in [0.4, 0.5) is 0 Å². The van der Waals surface area contributed by atoms with Gasteiger partial charge in [0.05, 0.1) is 20.2 Å². The van der Waals surface area contributed by atoms with Gasteiger partial charge in [-0.15, -0.1) is 10.2 Å². The quantitative estimate of drug-likeness (QED) is 0.786. The molecule has 0 aliphatic rings. The highest BCUT2D eigenvalue weighted by molar-refractivity contribution is 5.17. The van der Waals surface area contributed by atoms with Gasteiger partial charge in [-0.2, -0.15) is 0 Å². The van der Waals surface area contributed by atoms with Crippen molar-refractivity contribution >= 4 is 0 Å². The van der Waals surface area contributed by atoms with Crippen molar-refractivity contribution in [2.45, 2.75) is 26.4 Å². The SMILES string of the molecule is CCc1nnc(CN(C)Cc2cc(=O)c(OC)co2)o1. The Hall–Kier alpha value is -2.15. The van der Waals surface area contributed by atoms with Crippen molar-refractivity contribution in [2.24, 2.45) is 0 Å². The maximum absolute atomic E-state index is 11.6. The summed E-state index contributed by atoms with van der Waals surface area (Å²) in [5.41, 5.74) is -0.201. The number of rotatable bonds is 6. The van der Waals surface area contributed by atoms with Crippen LogP contribution < -0.4 is 10.2 Å². The monoisotopic (exact) mass is 279 g/mol. The van der Waals surface area contributed by atoms with Gasteiger partial charge in [-0.25, -0.2) is 0 Å². The molecule has 0 spiro atoms. The molecule has 0 saturated carbocycles. The van der Waals surface area contributed by atoms with Crippen LogP contribution in [-0.2, 0) is 19.5 Å². The fourth-order valence-electron chi connectivity index (χ4n) is 1.72. The Morgan fingerprint density at radius 3 is 2.65 bits per heavy atom. The zero-order chi connectivity index (χ0) is 14.5. The van der Waals surface area contributed by atoms with Crippen molar-refractivity contribution in [3.05, 3.63) is 40.1 Å². The molecule has 2 rings (SSSR count). The summed E-state index contributed by atoms with van der Waals surface area (Å²) in [5, 5.41) is 7.84. The normalized spacial score (nSPS) is 11.0. The van der Waals surface area contributed by atoms with Crippen LogP contribution in [0.15, 0.2) is 26.0 Å². The lowest BCUT2D eigenvalue weighted by atomic mass is 10.3. The van der Waals surface area contributed by atoms with E-state index in [2.05, 4.69) is 10.2 Å². The number of nitrogens with zero attached hydrogens (tertiary/aromatic N) is 3. The molecule has 0 aromatic carbocycles. The van der Waals surface area contributed by atoms with E-state index in [1.807, 2.05) is 18.9 Å². The molecular weight excluding hydrogens is 262 g/mol. The second-order valence-corrected chi connectivity index (χ2v) is 4.39. The van der Waals surface area contributed by atoms with Gasteiger partial charge in [-0.05, 0) is 7.05 Å². The van der Waals surface area contributed by atoms with Crippen molar-refractivity contribution in [1.29, 1.82) is 0 Å². The first kappa shape index (κ1) is 14.3. The van der Waals surface area contributed by atoms with E-state index >= 15 is 0 Å². The molecule has 0 fully saturated rings. The van der Waals surface area contributed by atoms with E-state index in [-0.39, 0.29) is 11.2 Å². The van der Waals surface area contributed by atoms with Crippen molar-refractivity contribution < 1.29 is 13.6 Å². The van der Waals surface area contributed by atoms with Crippen molar-refractivity contribution in [3.63, 3.8) is 0 Å². The molecule has 0 atom stereocenters. The molecule has 0 aliphatic carbocycles. The van der Waals surface area contributed by atoms with Gasteiger partial charge < -0.3 is 13.6 Å². The van der Waals surface area contributed by atoms with E-state index in [0.29, 0.717) is 37.1 Å². The molecule has 0 N–H and O–H groups in total. The lowest BCUT2D eigenvalue weighted by Crippen LogP contribution is -2.18. The van der Waals surface area contributed by atoms with Gasteiger partial charge in [0.2, 0.25) is 23.0 Å². The van der Waals surface area contributed by atoms with E-state index in [1.165, 1.54) is 19.4 Å². The molecule has 0 bridgehead atoms. The minimum Gasteiger partial charge on any atom is -0.490 e. The highest BCUT2D eigenvalue weighted by Crippen LogP contribution is 2.09. The van der Waals surface area contributed by atoms with Crippen LogP contribution in [0.25, 0.3) is 0 Å². The van der Waals surface area contributed by atoms with Crippen LogP contribution in [-0.4, -0.2) is 29.3 Å². The predicted octanol–water partition coefficient (Wildman–Crippen LogP) is 1.23. The average Bonchev–Trinajstić information content (AvgIpc) is 2.86. The Morgan fingerprint density at radius 1 is 1.30 bits per heavy atom. The zero-order valence-corrected chi connectivity index (χ0v) is 11.8. The minimum atomic E-state index is -0.201. The molecule has 2 heterocycles. The van der Waals surface area contributed by atoms with E-state index in [0.717, 1.165) is 0 Å². The van der Waals surface area contributed by atoms with Gasteiger partial charge in [-0.1, -0.05) is 6.92 Å². The van der Waals surface area contributed by atoms with Gasteiger partial charge in [0.25, 0.3) is 0 Å². The molecule has 20 heavy (non-hydrogen) atoms. The zero-order valence-electron chi connectivity index (χ0n) is 11.8. The number of aryl methyl sites for hydroxylation is 1. The number of hydrogen-bond donors (Lipinski definition) is 0. The van der Waals surface area contributed by atoms with Gasteiger partial charge in [0.1, 0.15) is 12.0 Å². The van der Waals surface area contributed by atoms with Crippen molar-refractivity contribution in [3.8, 4) is 5.75 Å². The summed E-state index contributed by atoms with van der Waals surface area (Å²) in [6.07, 6.45) is 2.03. The molecule has 0 amide bonds. The van der Waals surface area contributed by atoms with Crippen LogP contribution in [0.3, 0.4) is 0 Å². The highest BCUT2D eigenvalue weighted by Gasteiger charge is 2.10. The topological polar surface area (TPSA) is 81.6 Å². The Morgan fingerprint density at radius 2 is 2.05 bits per heavy atom. The molecule has 108 valence electrons. The number of ether oxygens (including phenoxy) is 1. The van der Waals surface area contributed by atoms with Crippen LogP contribution in [0.1, 0.15) is 24.5 Å². The number of aromatic nitrogens is 2. The van der Waals surface area contributed by atoms with Crippen molar-refractivity contribution in [1.82, 2.24) is 15.1 Å². The number of methoxy groups -OCH3 is 1. The Labute approximate surface area is 116 Å². The maximum Gasteiger partial charge on any atom is 0.230 e. The summed E-state index contributed by atoms with van der Waals surface area (Å²) < 4.78 is 15.6. The summed E-state index contributed by atoms with van der Waals surface area (Å²) in [6, 6.07) is 1.42. The summed E-state index contributed by atoms with van der Waals surface area (Å²) in [5.74, 6) is 1.90. The Bertz CT molecular complexity index is 620. The van der Waals surface area contributed by atoms with E-state index in [1.54, 1.807) is 0 Å². The molecule has 2 aromatic heterocycles. The summed E-state index contributed by atoms with van der Waals surface area (Å²) in [6.45, 7) is 2.90. The molecule has 0 unspecified atom stereocenters. The van der Waals surface area contributed by atoms with E-state index in [9.17, 15) is 4.79 Å². The Balaban J connectivity index is 1.98. The first-order valence-corrected chi connectivity index (χ1v) is 6.28. The van der Waals surface area contributed by atoms with Crippen LogP contribution in [0.2, 0.25) is 0 Å². The summed E-state index contributed by atoms with van der Waals surface area (Å²) in [4.78, 5) is 13.5. The van der Waals surface area contributed by atoms with Crippen LogP contribution in [0, 0.1) is 0 Å². The average molecular weight is 279 g/mol. The Kier molecular flexibility index (Phi) is 4.52. The smallest absolute Gasteiger partial charge is 0.230 e. The molecule has 7 nitrogen and oxygen atoms in total. The van der Waals surface area contributed by atoms with Gasteiger partial charge in [-0.3, -0.25) is 9.69 Å². The molecule has 0 saturated heterocycles. The second-order valence-electron chi connectivity index (χ2n) is 4.39. The largest absolute Gasteiger partial charge is 0.490 e. The third-order valence-corrected chi connectivity index (χ3v) is 2.71. The molecule has 0 radical (unpaired) electrons. The highest BCUT2D eigenvalue weighted by atomic mass is 16.5. The van der Waals surface area contributed by atoms with Gasteiger partial charge in [0.15, 0.2) is 0 Å². The molecule has 2 aromatic rings. The molecule has 0 aliphatic heterocycles. The number of hydrogen-bond acceptors (Lipinski definition) is 7. The third-order valence-electron chi connectivity index (χ3n) is 2.71. The predicted molar refractivity (Wildman–Crippen MR) is 70.4 cm³/mol.